The zero-order chi connectivity index (χ0) is 18.5. The van der Waals surface area contributed by atoms with Gasteiger partial charge in [0.25, 0.3) is 5.91 Å². The normalized spacial score (nSPS) is 10.6. The molecule has 0 bridgehead atoms. The number of para-hydroxylation sites is 1. The predicted octanol–water partition coefficient (Wildman–Crippen LogP) is 4.15. The smallest absolute Gasteiger partial charge is 0.257 e. The third-order valence-corrected chi connectivity index (χ3v) is 3.80. The van der Waals surface area contributed by atoms with E-state index in [1.807, 2.05) is 44.2 Å². The Morgan fingerprint density at radius 3 is 2.54 bits per heavy atom. The van der Waals surface area contributed by atoms with Gasteiger partial charge in [-0.2, -0.15) is 0 Å². The summed E-state index contributed by atoms with van der Waals surface area (Å²) < 4.78 is 5.57. The molecule has 1 amide bonds. The highest BCUT2D eigenvalue weighted by Gasteiger charge is 2.10. The van der Waals surface area contributed by atoms with Crippen molar-refractivity contribution in [1.29, 1.82) is 0 Å². The number of anilines is 1. The first-order valence-electron chi connectivity index (χ1n) is 8.26. The molecule has 3 aromatic rings. The average molecular weight is 365 g/mol. The Morgan fingerprint density at radius 1 is 1.08 bits per heavy atom. The lowest BCUT2D eigenvalue weighted by Gasteiger charge is -2.12. The number of aromatic nitrogens is 1. The summed E-state index contributed by atoms with van der Waals surface area (Å²) in [6, 6.07) is 16.5. The van der Waals surface area contributed by atoms with Crippen LogP contribution in [-0.4, -0.2) is 22.1 Å². The van der Waals surface area contributed by atoms with Crippen LogP contribution in [-0.2, 0) is 0 Å². The topological polar surface area (TPSA) is 63.2 Å². The number of carbonyl (C=O) groups is 1. The van der Waals surface area contributed by atoms with Gasteiger partial charge in [-0.05, 0) is 62.5 Å². The van der Waals surface area contributed by atoms with E-state index in [0.29, 0.717) is 5.56 Å². The van der Waals surface area contributed by atoms with Crippen LogP contribution in [0.5, 0.6) is 5.75 Å². The lowest BCUT2D eigenvalue weighted by molar-refractivity contribution is 0.0977. The lowest BCUT2D eigenvalue weighted by atomic mass is 10.2. The number of pyridine rings is 1. The van der Waals surface area contributed by atoms with Crippen LogP contribution in [0.25, 0.3) is 10.9 Å². The van der Waals surface area contributed by atoms with Crippen LogP contribution in [0.2, 0.25) is 0 Å². The minimum atomic E-state index is -0.285. The molecule has 26 heavy (non-hydrogen) atoms. The van der Waals surface area contributed by atoms with E-state index in [-0.39, 0.29) is 17.1 Å². The molecular formula is C20H19N3O2S. The summed E-state index contributed by atoms with van der Waals surface area (Å²) in [6.07, 6.45) is 1.80. The van der Waals surface area contributed by atoms with E-state index in [9.17, 15) is 4.79 Å². The Balaban J connectivity index is 1.66. The zero-order valence-electron chi connectivity index (χ0n) is 14.5. The molecule has 0 saturated heterocycles. The highest BCUT2D eigenvalue weighted by atomic mass is 32.1. The summed E-state index contributed by atoms with van der Waals surface area (Å²) in [5, 5.41) is 6.93. The van der Waals surface area contributed by atoms with Gasteiger partial charge in [-0.3, -0.25) is 15.1 Å². The van der Waals surface area contributed by atoms with Crippen molar-refractivity contribution < 1.29 is 9.53 Å². The Hall–Kier alpha value is -2.99. The fourth-order valence-corrected chi connectivity index (χ4v) is 2.69. The fraction of sp³-hybridized carbons (Fsp3) is 0.150. The maximum atomic E-state index is 12.3. The standard InChI is InChI=1S/C20H19N3O2S/c1-13(2)25-16-10-8-15(9-11-16)19(24)23-20(26)22-17-7-3-5-14-6-4-12-21-18(14)17/h3-13H,1-2H3,(H2,22,23,24,26). The molecule has 6 heteroatoms. The Bertz CT molecular complexity index is 934. The molecule has 5 nitrogen and oxygen atoms in total. The second-order valence-electron chi connectivity index (χ2n) is 5.98. The van der Waals surface area contributed by atoms with Gasteiger partial charge in [-0.25, -0.2) is 0 Å². The molecule has 0 aliphatic rings. The number of carbonyl (C=O) groups excluding carboxylic acids is 1. The van der Waals surface area contributed by atoms with Gasteiger partial charge < -0.3 is 10.1 Å². The van der Waals surface area contributed by atoms with Gasteiger partial charge in [0.2, 0.25) is 0 Å². The van der Waals surface area contributed by atoms with Crippen molar-refractivity contribution in [1.82, 2.24) is 10.3 Å². The van der Waals surface area contributed by atoms with E-state index in [1.165, 1.54) is 0 Å². The molecule has 1 aromatic heterocycles. The Labute approximate surface area is 157 Å². The number of nitrogens with zero attached hydrogens (tertiary/aromatic N) is 1. The van der Waals surface area contributed by atoms with Crippen LogP contribution in [0.3, 0.4) is 0 Å². The molecule has 0 fully saturated rings. The number of amides is 1. The average Bonchev–Trinajstić information content (AvgIpc) is 2.62. The van der Waals surface area contributed by atoms with E-state index >= 15 is 0 Å². The number of hydrogen-bond donors (Lipinski definition) is 2. The summed E-state index contributed by atoms with van der Waals surface area (Å²) in [5.74, 6) is 0.436. The zero-order valence-corrected chi connectivity index (χ0v) is 15.3. The second kappa shape index (κ2) is 7.93. The molecular weight excluding hydrogens is 346 g/mol. The van der Waals surface area contributed by atoms with Crippen LogP contribution < -0.4 is 15.4 Å². The molecule has 1 heterocycles. The second-order valence-corrected chi connectivity index (χ2v) is 6.39. The number of nitrogens with one attached hydrogen (secondary N) is 2. The Kier molecular flexibility index (Phi) is 5.43. The van der Waals surface area contributed by atoms with Crippen molar-refractivity contribution in [2.24, 2.45) is 0 Å². The van der Waals surface area contributed by atoms with Gasteiger partial charge in [0.15, 0.2) is 5.11 Å². The fourth-order valence-electron chi connectivity index (χ4n) is 2.49. The van der Waals surface area contributed by atoms with Crippen molar-refractivity contribution in [3.05, 3.63) is 66.4 Å². The predicted molar refractivity (Wildman–Crippen MR) is 108 cm³/mol. The van der Waals surface area contributed by atoms with Crippen LogP contribution in [0.4, 0.5) is 5.69 Å². The van der Waals surface area contributed by atoms with Crippen LogP contribution in [0, 0.1) is 0 Å². The molecule has 0 saturated carbocycles. The molecule has 3 rings (SSSR count). The molecule has 2 N–H and O–H groups in total. The van der Waals surface area contributed by atoms with E-state index in [1.54, 1.807) is 30.5 Å². The number of ether oxygens (including phenoxy) is 1. The van der Waals surface area contributed by atoms with Gasteiger partial charge in [-0.15, -0.1) is 0 Å². The quantitative estimate of drug-likeness (QED) is 0.680. The summed E-state index contributed by atoms with van der Waals surface area (Å²) in [6.45, 7) is 3.90. The van der Waals surface area contributed by atoms with Crippen LogP contribution in [0.1, 0.15) is 24.2 Å². The highest BCUT2D eigenvalue weighted by Crippen LogP contribution is 2.20. The molecule has 0 unspecified atom stereocenters. The van der Waals surface area contributed by atoms with Gasteiger partial charge >= 0.3 is 0 Å². The molecule has 0 aliphatic heterocycles. The van der Waals surface area contributed by atoms with Gasteiger partial charge in [-0.1, -0.05) is 18.2 Å². The summed E-state index contributed by atoms with van der Waals surface area (Å²) in [4.78, 5) is 16.7. The van der Waals surface area contributed by atoms with Gasteiger partial charge in [0.05, 0.1) is 17.3 Å². The highest BCUT2D eigenvalue weighted by molar-refractivity contribution is 7.80. The van der Waals surface area contributed by atoms with Crippen molar-refractivity contribution >= 4 is 39.8 Å². The first-order chi connectivity index (χ1) is 12.5. The largest absolute Gasteiger partial charge is 0.491 e. The maximum absolute atomic E-state index is 12.3. The number of benzene rings is 2. The first-order valence-corrected chi connectivity index (χ1v) is 8.66. The monoisotopic (exact) mass is 365 g/mol. The van der Waals surface area contributed by atoms with Crippen LogP contribution >= 0.6 is 12.2 Å². The molecule has 0 aliphatic carbocycles. The van der Waals surface area contributed by atoms with E-state index < -0.39 is 0 Å². The van der Waals surface area contributed by atoms with E-state index in [0.717, 1.165) is 22.3 Å². The van der Waals surface area contributed by atoms with Crippen molar-refractivity contribution in [2.45, 2.75) is 20.0 Å². The van der Waals surface area contributed by atoms with E-state index in [2.05, 4.69) is 15.6 Å². The summed E-state index contributed by atoms with van der Waals surface area (Å²) in [7, 11) is 0. The molecule has 2 aromatic carbocycles. The number of hydrogen-bond acceptors (Lipinski definition) is 4. The van der Waals surface area contributed by atoms with Crippen molar-refractivity contribution in [2.75, 3.05) is 5.32 Å². The third kappa shape index (κ3) is 4.34. The van der Waals surface area contributed by atoms with Gasteiger partial charge in [0.1, 0.15) is 5.75 Å². The van der Waals surface area contributed by atoms with Crippen molar-refractivity contribution in [3.63, 3.8) is 0 Å². The maximum Gasteiger partial charge on any atom is 0.257 e. The minimum Gasteiger partial charge on any atom is -0.491 e. The van der Waals surface area contributed by atoms with Gasteiger partial charge in [0, 0.05) is 17.1 Å². The van der Waals surface area contributed by atoms with Crippen molar-refractivity contribution in [3.8, 4) is 5.75 Å². The Morgan fingerprint density at radius 2 is 1.81 bits per heavy atom. The number of thiocarbonyl (C=S) groups is 1. The molecule has 0 radical (unpaired) electrons. The first kappa shape index (κ1) is 17.8. The lowest BCUT2D eigenvalue weighted by Crippen LogP contribution is -2.34. The minimum absolute atomic E-state index is 0.0840. The number of fused-ring (bicyclic) bond motifs is 1. The molecule has 0 atom stereocenters. The summed E-state index contributed by atoms with van der Waals surface area (Å²) >= 11 is 5.26. The third-order valence-electron chi connectivity index (χ3n) is 3.60. The molecule has 0 spiro atoms. The van der Waals surface area contributed by atoms with E-state index in [4.69, 9.17) is 17.0 Å². The number of rotatable bonds is 4. The SMILES string of the molecule is CC(C)Oc1ccc(C(=O)NC(=S)Nc2cccc3cccnc23)cc1. The summed E-state index contributed by atoms with van der Waals surface area (Å²) in [5.41, 5.74) is 2.04. The molecule has 132 valence electrons. The van der Waals surface area contributed by atoms with Crippen LogP contribution in [0.15, 0.2) is 60.8 Å².